The smallest absolute Gasteiger partial charge is 0.251 e. The summed E-state index contributed by atoms with van der Waals surface area (Å²) in [7, 11) is 0. The summed E-state index contributed by atoms with van der Waals surface area (Å²) in [5, 5.41) is 3.27. The van der Waals surface area contributed by atoms with Crippen molar-refractivity contribution < 1.29 is 4.79 Å². The van der Waals surface area contributed by atoms with E-state index in [2.05, 4.69) is 30.4 Å². The van der Waals surface area contributed by atoms with Crippen molar-refractivity contribution in [1.29, 1.82) is 0 Å². The Balaban J connectivity index is 1.75. The highest BCUT2D eigenvalue weighted by atomic mass is 16.1. The van der Waals surface area contributed by atoms with Crippen molar-refractivity contribution in [2.24, 2.45) is 5.92 Å². The van der Waals surface area contributed by atoms with Crippen LogP contribution in [0, 0.1) is 5.92 Å². The second-order valence-electron chi connectivity index (χ2n) is 6.66. The van der Waals surface area contributed by atoms with Gasteiger partial charge < -0.3 is 5.32 Å². The SMILES string of the molecule is CC1CCCCC1NC(=O)c1ccccc1Cc1ccccc1. The van der Waals surface area contributed by atoms with Crippen molar-refractivity contribution in [2.45, 2.75) is 45.1 Å². The number of nitrogens with one attached hydrogen (secondary N) is 1. The van der Waals surface area contributed by atoms with Crippen LogP contribution in [0.2, 0.25) is 0 Å². The number of benzene rings is 2. The summed E-state index contributed by atoms with van der Waals surface area (Å²) in [5.74, 6) is 0.657. The van der Waals surface area contributed by atoms with E-state index in [1.54, 1.807) is 0 Å². The fraction of sp³-hybridized carbons (Fsp3) is 0.381. The van der Waals surface area contributed by atoms with E-state index in [4.69, 9.17) is 0 Å². The zero-order valence-corrected chi connectivity index (χ0v) is 13.8. The lowest BCUT2D eigenvalue weighted by Crippen LogP contribution is -2.41. The fourth-order valence-electron chi connectivity index (χ4n) is 3.49. The maximum absolute atomic E-state index is 12.8. The van der Waals surface area contributed by atoms with Gasteiger partial charge >= 0.3 is 0 Å². The van der Waals surface area contributed by atoms with E-state index in [1.165, 1.54) is 24.8 Å². The molecule has 1 saturated carbocycles. The molecular weight excluding hydrogens is 282 g/mol. The second kappa shape index (κ2) is 7.45. The topological polar surface area (TPSA) is 29.1 Å². The molecule has 1 fully saturated rings. The Morgan fingerprint density at radius 3 is 2.48 bits per heavy atom. The Bertz CT molecular complexity index is 650. The van der Waals surface area contributed by atoms with Gasteiger partial charge in [-0.2, -0.15) is 0 Å². The first-order valence-corrected chi connectivity index (χ1v) is 8.67. The molecule has 1 N–H and O–H groups in total. The van der Waals surface area contributed by atoms with Gasteiger partial charge in [-0.25, -0.2) is 0 Å². The molecule has 0 aliphatic heterocycles. The minimum atomic E-state index is 0.0790. The van der Waals surface area contributed by atoms with E-state index >= 15 is 0 Å². The highest BCUT2D eigenvalue weighted by molar-refractivity contribution is 5.96. The van der Waals surface area contributed by atoms with Crippen molar-refractivity contribution in [3.63, 3.8) is 0 Å². The van der Waals surface area contributed by atoms with Gasteiger partial charge in [0.05, 0.1) is 0 Å². The minimum Gasteiger partial charge on any atom is -0.349 e. The Kier molecular flexibility index (Phi) is 5.12. The van der Waals surface area contributed by atoms with Crippen molar-refractivity contribution in [3.05, 3.63) is 71.3 Å². The molecule has 2 aromatic carbocycles. The predicted octanol–water partition coefficient (Wildman–Crippen LogP) is 4.59. The Labute approximate surface area is 138 Å². The van der Waals surface area contributed by atoms with Crippen LogP contribution in [0.4, 0.5) is 0 Å². The van der Waals surface area contributed by atoms with Crippen molar-refractivity contribution in [3.8, 4) is 0 Å². The lowest BCUT2D eigenvalue weighted by atomic mass is 9.85. The zero-order valence-electron chi connectivity index (χ0n) is 13.8. The molecule has 0 bridgehead atoms. The molecule has 1 amide bonds. The van der Waals surface area contributed by atoms with Crippen LogP contribution in [0.25, 0.3) is 0 Å². The Hall–Kier alpha value is -2.09. The molecule has 2 nitrogen and oxygen atoms in total. The van der Waals surface area contributed by atoms with Gasteiger partial charge in [0.1, 0.15) is 0 Å². The number of rotatable bonds is 4. The van der Waals surface area contributed by atoms with Gasteiger partial charge in [0.15, 0.2) is 0 Å². The molecule has 0 radical (unpaired) electrons. The Morgan fingerprint density at radius 2 is 1.70 bits per heavy atom. The molecule has 0 saturated heterocycles. The fourth-order valence-corrected chi connectivity index (χ4v) is 3.49. The first-order valence-electron chi connectivity index (χ1n) is 8.67. The molecule has 1 aliphatic carbocycles. The largest absolute Gasteiger partial charge is 0.349 e. The summed E-state index contributed by atoms with van der Waals surface area (Å²) in [4.78, 5) is 12.8. The van der Waals surface area contributed by atoms with Crippen LogP contribution in [0.5, 0.6) is 0 Å². The lowest BCUT2D eigenvalue weighted by molar-refractivity contribution is 0.0909. The Morgan fingerprint density at radius 1 is 1.00 bits per heavy atom. The minimum absolute atomic E-state index is 0.0790. The molecule has 2 unspecified atom stereocenters. The molecule has 23 heavy (non-hydrogen) atoms. The van der Waals surface area contributed by atoms with Crippen LogP contribution in [0.15, 0.2) is 54.6 Å². The average Bonchev–Trinajstić information content (AvgIpc) is 2.58. The van der Waals surface area contributed by atoms with E-state index < -0.39 is 0 Å². The van der Waals surface area contributed by atoms with Gasteiger partial charge in [-0.1, -0.05) is 68.3 Å². The molecule has 0 aromatic heterocycles. The zero-order chi connectivity index (χ0) is 16.1. The third-order valence-corrected chi connectivity index (χ3v) is 4.93. The molecule has 2 atom stereocenters. The average molecular weight is 307 g/mol. The van der Waals surface area contributed by atoms with Crippen molar-refractivity contribution in [1.82, 2.24) is 5.32 Å². The molecular formula is C21H25NO. The van der Waals surface area contributed by atoms with E-state index in [9.17, 15) is 4.79 Å². The van der Waals surface area contributed by atoms with Crippen LogP contribution in [0.3, 0.4) is 0 Å². The van der Waals surface area contributed by atoms with Crippen LogP contribution in [0.1, 0.15) is 54.1 Å². The van der Waals surface area contributed by atoms with Gasteiger partial charge in [0.25, 0.3) is 5.91 Å². The molecule has 3 rings (SSSR count). The van der Waals surface area contributed by atoms with Gasteiger partial charge in [-0.15, -0.1) is 0 Å². The van der Waals surface area contributed by atoms with E-state index in [0.717, 1.165) is 24.0 Å². The summed E-state index contributed by atoms with van der Waals surface area (Å²) in [6.45, 7) is 2.25. The summed E-state index contributed by atoms with van der Waals surface area (Å²) >= 11 is 0. The monoisotopic (exact) mass is 307 g/mol. The van der Waals surface area contributed by atoms with Crippen LogP contribution >= 0.6 is 0 Å². The highest BCUT2D eigenvalue weighted by Crippen LogP contribution is 2.24. The summed E-state index contributed by atoms with van der Waals surface area (Å²) < 4.78 is 0. The lowest BCUT2D eigenvalue weighted by Gasteiger charge is -2.29. The summed E-state index contributed by atoms with van der Waals surface area (Å²) in [6.07, 6.45) is 5.63. The number of amides is 1. The third-order valence-electron chi connectivity index (χ3n) is 4.93. The standard InChI is InChI=1S/C21H25NO/c1-16-9-5-8-14-20(16)22-21(23)19-13-7-6-12-18(19)15-17-10-3-2-4-11-17/h2-4,6-7,10-13,16,20H,5,8-9,14-15H2,1H3,(H,22,23). The quantitative estimate of drug-likeness (QED) is 0.879. The molecule has 120 valence electrons. The normalized spacial score (nSPS) is 20.9. The van der Waals surface area contributed by atoms with Gasteiger partial charge in [-0.05, 0) is 42.4 Å². The van der Waals surface area contributed by atoms with Crippen molar-refractivity contribution in [2.75, 3.05) is 0 Å². The highest BCUT2D eigenvalue weighted by Gasteiger charge is 2.23. The van der Waals surface area contributed by atoms with Gasteiger partial charge in [-0.3, -0.25) is 4.79 Å². The third kappa shape index (κ3) is 4.01. The van der Waals surface area contributed by atoms with Crippen LogP contribution < -0.4 is 5.32 Å². The summed E-state index contributed by atoms with van der Waals surface area (Å²) in [6, 6.07) is 18.6. The van der Waals surface area contributed by atoms with E-state index in [0.29, 0.717) is 12.0 Å². The number of carbonyl (C=O) groups is 1. The molecule has 2 heteroatoms. The van der Waals surface area contributed by atoms with E-state index in [1.807, 2.05) is 36.4 Å². The van der Waals surface area contributed by atoms with Crippen LogP contribution in [-0.2, 0) is 6.42 Å². The van der Waals surface area contributed by atoms with Gasteiger partial charge in [0, 0.05) is 11.6 Å². The number of hydrogen-bond donors (Lipinski definition) is 1. The van der Waals surface area contributed by atoms with Gasteiger partial charge in [0.2, 0.25) is 0 Å². The second-order valence-corrected chi connectivity index (χ2v) is 6.66. The first-order chi connectivity index (χ1) is 11.2. The molecule has 0 spiro atoms. The first kappa shape index (κ1) is 15.8. The molecule has 2 aromatic rings. The summed E-state index contributed by atoms with van der Waals surface area (Å²) in [5.41, 5.74) is 3.15. The number of hydrogen-bond acceptors (Lipinski definition) is 1. The van der Waals surface area contributed by atoms with Crippen LogP contribution in [-0.4, -0.2) is 11.9 Å². The number of carbonyl (C=O) groups excluding carboxylic acids is 1. The van der Waals surface area contributed by atoms with E-state index in [-0.39, 0.29) is 5.91 Å². The predicted molar refractivity (Wildman–Crippen MR) is 94.6 cm³/mol. The maximum Gasteiger partial charge on any atom is 0.251 e. The molecule has 0 heterocycles. The maximum atomic E-state index is 12.8. The molecule has 1 aliphatic rings. The van der Waals surface area contributed by atoms with Crippen molar-refractivity contribution >= 4 is 5.91 Å².